The Morgan fingerprint density at radius 3 is 2.53 bits per heavy atom. The first-order chi connectivity index (χ1) is 7.20. The van der Waals surface area contributed by atoms with Gasteiger partial charge < -0.3 is 10.2 Å². The SMILES string of the molecule is CN=C1NC(c2ccc(C)cc2)N(C)O1. The first-order valence-corrected chi connectivity index (χ1v) is 4.91. The molecule has 1 aromatic carbocycles. The van der Waals surface area contributed by atoms with E-state index < -0.39 is 0 Å². The first-order valence-electron chi connectivity index (χ1n) is 4.91. The second-order valence-electron chi connectivity index (χ2n) is 3.62. The van der Waals surface area contributed by atoms with Crippen molar-refractivity contribution < 1.29 is 4.84 Å². The molecule has 0 aliphatic carbocycles. The zero-order valence-electron chi connectivity index (χ0n) is 9.19. The summed E-state index contributed by atoms with van der Waals surface area (Å²) < 4.78 is 0. The summed E-state index contributed by atoms with van der Waals surface area (Å²) in [5.74, 6) is 0. The maximum atomic E-state index is 5.38. The van der Waals surface area contributed by atoms with Gasteiger partial charge in [-0.05, 0) is 12.5 Å². The van der Waals surface area contributed by atoms with Crippen molar-refractivity contribution >= 4 is 6.02 Å². The minimum Gasteiger partial charge on any atom is -0.366 e. The van der Waals surface area contributed by atoms with Gasteiger partial charge in [0.25, 0.3) is 0 Å². The van der Waals surface area contributed by atoms with Gasteiger partial charge in [-0.15, -0.1) is 5.06 Å². The molecular formula is C11H15N3O. The van der Waals surface area contributed by atoms with Crippen LogP contribution in [0.4, 0.5) is 0 Å². The third-order valence-electron chi connectivity index (χ3n) is 2.45. The van der Waals surface area contributed by atoms with E-state index in [1.165, 1.54) is 11.1 Å². The van der Waals surface area contributed by atoms with Gasteiger partial charge in [-0.2, -0.15) is 0 Å². The average Bonchev–Trinajstić information content (AvgIpc) is 2.61. The summed E-state index contributed by atoms with van der Waals surface area (Å²) in [7, 11) is 3.59. The number of hydroxylamine groups is 2. The minimum absolute atomic E-state index is 0.0456. The molecule has 1 fully saturated rings. The van der Waals surface area contributed by atoms with Gasteiger partial charge >= 0.3 is 6.02 Å². The number of amidine groups is 1. The fraction of sp³-hybridized carbons (Fsp3) is 0.364. The number of nitrogens with one attached hydrogen (secondary N) is 1. The zero-order chi connectivity index (χ0) is 10.8. The molecule has 0 saturated carbocycles. The quantitative estimate of drug-likeness (QED) is 0.754. The molecule has 15 heavy (non-hydrogen) atoms. The third-order valence-corrected chi connectivity index (χ3v) is 2.45. The van der Waals surface area contributed by atoms with Crippen LogP contribution in [-0.4, -0.2) is 25.2 Å². The summed E-state index contributed by atoms with van der Waals surface area (Å²) in [6.45, 7) is 2.07. The molecule has 0 aromatic heterocycles. The van der Waals surface area contributed by atoms with Crippen LogP contribution < -0.4 is 5.32 Å². The van der Waals surface area contributed by atoms with Crippen LogP contribution in [0.1, 0.15) is 17.3 Å². The summed E-state index contributed by atoms with van der Waals surface area (Å²) in [5, 5.41) is 4.94. The number of benzene rings is 1. The van der Waals surface area contributed by atoms with Gasteiger partial charge in [-0.25, -0.2) is 4.99 Å². The highest BCUT2D eigenvalue weighted by molar-refractivity contribution is 5.75. The molecule has 1 aliphatic heterocycles. The highest BCUT2D eigenvalue weighted by atomic mass is 16.7. The van der Waals surface area contributed by atoms with Crippen molar-refractivity contribution in [2.45, 2.75) is 13.1 Å². The predicted octanol–water partition coefficient (Wildman–Crippen LogP) is 1.45. The molecule has 1 N–H and O–H groups in total. The van der Waals surface area contributed by atoms with Gasteiger partial charge in [-0.3, -0.25) is 0 Å². The van der Waals surface area contributed by atoms with Crippen LogP contribution in [-0.2, 0) is 4.84 Å². The normalized spacial score (nSPS) is 23.9. The molecule has 4 heteroatoms. The summed E-state index contributed by atoms with van der Waals surface area (Å²) in [4.78, 5) is 9.35. The molecule has 2 rings (SSSR count). The van der Waals surface area contributed by atoms with E-state index in [1.807, 2.05) is 7.05 Å². The highest BCUT2D eigenvalue weighted by Crippen LogP contribution is 2.21. The first kappa shape index (κ1) is 9.98. The number of aryl methyl sites for hydroxylation is 1. The van der Waals surface area contributed by atoms with Crippen LogP contribution in [0.3, 0.4) is 0 Å². The molecule has 1 aromatic rings. The molecule has 4 nitrogen and oxygen atoms in total. The van der Waals surface area contributed by atoms with Crippen molar-refractivity contribution in [1.82, 2.24) is 10.4 Å². The highest BCUT2D eigenvalue weighted by Gasteiger charge is 2.27. The molecule has 0 amide bonds. The standard InChI is InChI=1S/C11H15N3O/c1-8-4-6-9(7-5-8)10-13-11(12-2)15-14(10)3/h4-7,10H,1-3H3,(H,12,13). The summed E-state index contributed by atoms with van der Waals surface area (Å²) >= 11 is 0. The fourth-order valence-electron chi connectivity index (χ4n) is 1.57. The van der Waals surface area contributed by atoms with E-state index in [2.05, 4.69) is 41.5 Å². The van der Waals surface area contributed by atoms with Crippen molar-refractivity contribution in [3.05, 3.63) is 35.4 Å². The minimum atomic E-state index is 0.0456. The average molecular weight is 205 g/mol. The third kappa shape index (κ3) is 1.94. The molecule has 1 unspecified atom stereocenters. The topological polar surface area (TPSA) is 36.9 Å². The van der Waals surface area contributed by atoms with E-state index in [0.717, 1.165) is 0 Å². The second-order valence-corrected chi connectivity index (χ2v) is 3.62. The molecule has 0 spiro atoms. The van der Waals surface area contributed by atoms with Gasteiger partial charge in [0.1, 0.15) is 6.17 Å². The molecular weight excluding hydrogens is 190 g/mol. The second kappa shape index (κ2) is 3.90. The van der Waals surface area contributed by atoms with Crippen LogP contribution in [0.5, 0.6) is 0 Å². The van der Waals surface area contributed by atoms with Crippen LogP contribution in [0.15, 0.2) is 29.3 Å². The largest absolute Gasteiger partial charge is 0.366 e. The lowest BCUT2D eigenvalue weighted by Gasteiger charge is -2.15. The van der Waals surface area contributed by atoms with E-state index in [-0.39, 0.29) is 6.17 Å². The van der Waals surface area contributed by atoms with E-state index >= 15 is 0 Å². The van der Waals surface area contributed by atoms with Crippen molar-refractivity contribution in [3.63, 3.8) is 0 Å². The van der Waals surface area contributed by atoms with E-state index in [9.17, 15) is 0 Å². The van der Waals surface area contributed by atoms with E-state index in [4.69, 9.17) is 4.84 Å². The number of nitrogens with zero attached hydrogens (tertiary/aromatic N) is 2. The number of hydrogen-bond donors (Lipinski definition) is 1. The molecule has 1 heterocycles. The van der Waals surface area contributed by atoms with Crippen molar-refractivity contribution in [2.75, 3.05) is 14.1 Å². The lowest BCUT2D eigenvalue weighted by atomic mass is 10.1. The van der Waals surface area contributed by atoms with Gasteiger partial charge in [-0.1, -0.05) is 29.8 Å². The predicted molar refractivity (Wildman–Crippen MR) is 59.3 cm³/mol. The van der Waals surface area contributed by atoms with Gasteiger partial charge in [0.05, 0.1) is 0 Å². The lowest BCUT2D eigenvalue weighted by Crippen LogP contribution is -2.24. The van der Waals surface area contributed by atoms with Gasteiger partial charge in [0.2, 0.25) is 0 Å². The Morgan fingerprint density at radius 2 is 2.00 bits per heavy atom. The number of hydrogen-bond acceptors (Lipinski definition) is 3. The number of rotatable bonds is 1. The molecule has 1 saturated heterocycles. The molecule has 0 radical (unpaired) electrons. The zero-order valence-corrected chi connectivity index (χ0v) is 9.19. The van der Waals surface area contributed by atoms with Crippen LogP contribution in [0.25, 0.3) is 0 Å². The number of aliphatic imine (C=N–C) groups is 1. The van der Waals surface area contributed by atoms with Crippen LogP contribution in [0.2, 0.25) is 0 Å². The van der Waals surface area contributed by atoms with E-state index in [0.29, 0.717) is 6.02 Å². The molecule has 80 valence electrons. The maximum absolute atomic E-state index is 5.38. The molecule has 1 aliphatic rings. The van der Waals surface area contributed by atoms with Gasteiger partial charge in [0, 0.05) is 14.1 Å². The Hall–Kier alpha value is -1.55. The molecule has 1 atom stereocenters. The Kier molecular flexibility index (Phi) is 2.60. The van der Waals surface area contributed by atoms with Gasteiger partial charge in [0.15, 0.2) is 0 Å². The smallest absolute Gasteiger partial charge is 0.306 e. The lowest BCUT2D eigenvalue weighted by molar-refractivity contribution is -0.0517. The van der Waals surface area contributed by atoms with Crippen LogP contribution >= 0.6 is 0 Å². The van der Waals surface area contributed by atoms with Crippen LogP contribution in [0, 0.1) is 6.92 Å². The fourth-order valence-corrected chi connectivity index (χ4v) is 1.57. The van der Waals surface area contributed by atoms with Crippen molar-refractivity contribution in [1.29, 1.82) is 0 Å². The molecule has 0 bridgehead atoms. The summed E-state index contributed by atoms with van der Waals surface area (Å²) in [5.41, 5.74) is 2.42. The summed E-state index contributed by atoms with van der Waals surface area (Å²) in [6.07, 6.45) is 0.0456. The van der Waals surface area contributed by atoms with Crippen molar-refractivity contribution in [3.8, 4) is 0 Å². The monoisotopic (exact) mass is 205 g/mol. The van der Waals surface area contributed by atoms with E-state index in [1.54, 1.807) is 12.1 Å². The Balaban J connectivity index is 2.21. The Labute approximate surface area is 89.5 Å². The Morgan fingerprint density at radius 1 is 1.33 bits per heavy atom. The maximum Gasteiger partial charge on any atom is 0.306 e. The Bertz CT molecular complexity index is 372. The van der Waals surface area contributed by atoms with Crippen molar-refractivity contribution in [2.24, 2.45) is 4.99 Å². The summed E-state index contributed by atoms with van der Waals surface area (Å²) in [6, 6.07) is 8.91.